The van der Waals surface area contributed by atoms with Gasteiger partial charge in [-0.05, 0) is 26.0 Å². The van der Waals surface area contributed by atoms with Crippen molar-refractivity contribution in [2.75, 3.05) is 0 Å². The standard InChI is InChI=1S/C12H11FN2O.C2H6/c1-8-6-12(15-9(2)14-8)16-11-5-3-4-10(13)7-11;1-2/h3-7H,1-2H3;1-2H3. The number of halogens is 1. The summed E-state index contributed by atoms with van der Waals surface area (Å²) in [6, 6.07) is 7.65. The van der Waals surface area contributed by atoms with Crippen LogP contribution in [-0.4, -0.2) is 9.97 Å². The van der Waals surface area contributed by atoms with E-state index in [0.717, 1.165) is 5.69 Å². The summed E-state index contributed by atoms with van der Waals surface area (Å²) >= 11 is 0. The van der Waals surface area contributed by atoms with Crippen molar-refractivity contribution in [1.29, 1.82) is 0 Å². The van der Waals surface area contributed by atoms with E-state index in [0.29, 0.717) is 17.5 Å². The molecule has 4 heteroatoms. The Labute approximate surface area is 107 Å². The normalized spacial score (nSPS) is 9.39. The van der Waals surface area contributed by atoms with E-state index in [2.05, 4.69) is 9.97 Å². The van der Waals surface area contributed by atoms with Crippen molar-refractivity contribution < 1.29 is 9.13 Å². The number of ether oxygens (including phenoxy) is 1. The van der Waals surface area contributed by atoms with Crippen molar-refractivity contribution in [1.82, 2.24) is 9.97 Å². The van der Waals surface area contributed by atoms with E-state index in [4.69, 9.17) is 4.74 Å². The van der Waals surface area contributed by atoms with Crippen LogP contribution in [0, 0.1) is 19.7 Å². The highest BCUT2D eigenvalue weighted by Crippen LogP contribution is 2.20. The summed E-state index contributed by atoms with van der Waals surface area (Å²) in [4.78, 5) is 8.23. The first-order valence-electron chi connectivity index (χ1n) is 5.89. The van der Waals surface area contributed by atoms with Crippen molar-refractivity contribution in [3.05, 3.63) is 47.7 Å². The van der Waals surface area contributed by atoms with Crippen LogP contribution in [0.5, 0.6) is 11.6 Å². The molecule has 0 atom stereocenters. The van der Waals surface area contributed by atoms with Gasteiger partial charge in [0, 0.05) is 17.8 Å². The van der Waals surface area contributed by atoms with E-state index >= 15 is 0 Å². The van der Waals surface area contributed by atoms with Gasteiger partial charge in [0.25, 0.3) is 0 Å². The minimum Gasteiger partial charge on any atom is -0.439 e. The van der Waals surface area contributed by atoms with Crippen LogP contribution < -0.4 is 4.74 Å². The van der Waals surface area contributed by atoms with Crippen LogP contribution in [0.1, 0.15) is 25.4 Å². The fourth-order valence-corrected chi connectivity index (χ4v) is 1.39. The summed E-state index contributed by atoms with van der Waals surface area (Å²) < 4.78 is 18.3. The van der Waals surface area contributed by atoms with E-state index < -0.39 is 0 Å². The molecule has 0 amide bonds. The first-order valence-corrected chi connectivity index (χ1v) is 5.89. The maximum absolute atomic E-state index is 12.9. The Balaban J connectivity index is 0.000000771. The lowest BCUT2D eigenvalue weighted by Gasteiger charge is -2.05. The molecule has 0 aliphatic rings. The van der Waals surface area contributed by atoms with Crippen LogP contribution >= 0.6 is 0 Å². The summed E-state index contributed by atoms with van der Waals surface area (Å²) in [7, 11) is 0. The molecule has 96 valence electrons. The lowest BCUT2D eigenvalue weighted by Crippen LogP contribution is -1.95. The summed E-state index contributed by atoms with van der Waals surface area (Å²) in [6.07, 6.45) is 0. The Kier molecular flexibility index (Phi) is 5.24. The molecule has 1 aromatic heterocycles. The van der Waals surface area contributed by atoms with Gasteiger partial charge in [0.2, 0.25) is 5.88 Å². The number of nitrogens with zero attached hydrogens (tertiary/aromatic N) is 2. The number of rotatable bonds is 2. The van der Waals surface area contributed by atoms with E-state index in [1.807, 2.05) is 20.8 Å². The third-order valence-corrected chi connectivity index (χ3v) is 1.96. The highest BCUT2D eigenvalue weighted by atomic mass is 19.1. The molecule has 3 nitrogen and oxygen atoms in total. The molecule has 0 radical (unpaired) electrons. The second kappa shape index (κ2) is 6.69. The van der Waals surface area contributed by atoms with E-state index in [9.17, 15) is 4.39 Å². The zero-order valence-electron chi connectivity index (χ0n) is 11.1. The third-order valence-electron chi connectivity index (χ3n) is 1.96. The lowest BCUT2D eigenvalue weighted by molar-refractivity contribution is 0.454. The predicted octanol–water partition coefficient (Wildman–Crippen LogP) is 4.05. The predicted molar refractivity (Wildman–Crippen MR) is 69.3 cm³/mol. The molecule has 18 heavy (non-hydrogen) atoms. The van der Waals surface area contributed by atoms with Crippen LogP contribution in [0.2, 0.25) is 0 Å². The van der Waals surface area contributed by atoms with Crippen molar-refractivity contribution in [2.24, 2.45) is 0 Å². The Morgan fingerprint density at radius 1 is 1.06 bits per heavy atom. The van der Waals surface area contributed by atoms with Crippen molar-refractivity contribution in [3.63, 3.8) is 0 Å². The molecule has 0 unspecified atom stereocenters. The van der Waals surface area contributed by atoms with Crippen LogP contribution in [0.15, 0.2) is 30.3 Å². The molecule has 0 aliphatic carbocycles. The molecule has 0 saturated heterocycles. The minimum absolute atomic E-state index is 0.333. The maximum atomic E-state index is 12.9. The number of aromatic nitrogens is 2. The number of hydrogen-bond donors (Lipinski definition) is 0. The zero-order chi connectivity index (χ0) is 13.5. The first-order chi connectivity index (χ1) is 8.63. The molecule has 0 saturated carbocycles. The van der Waals surface area contributed by atoms with Crippen LogP contribution in [-0.2, 0) is 0 Å². The number of hydrogen-bond acceptors (Lipinski definition) is 3. The molecule has 0 aliphatic heterocycles. The highest BCUT2D eigenvalue weighted by Gasteiger charge is 2.02. The van der Waals surface area contributed by atoms with Crippen LogP contribution in [0.4, 0.5) is 4.39 Å². The van der Waals surface area contributed by atoms with Gasteiger partial charge in [0.15, 0.2) is 0 Å². The number of benzene rings is 1. The fourth-order valence-electron chi connectivity index (χ4n) is 1.39. The van der Waals surface area contributed by atoms with Crippen molar-refractivity contribution in [2.45, 2.75) is 27.7 Å². The second-order valence-corrected chi connectivity index (χ2v) is 3.45. The second-order valence-electron chi connectivity index (χ2n) is 3.45. The summed E-state index contributed by atoms with van der Waals surface area (Å²) in [5.74, 6) is 1.15. The Hall–Kier alpha value is -1.97. The molecule has 1 heterocycles. The Morgan fingerprint density at radius 3 is 2.39 bits per heavy atom. The van der Waals surface area contributed by atoms with Gasteiger partial charge in [-0.3, -0.25) is 0 Å². The van der Waals surface area contributed by atoms with E-state index in [1.54, 1.807) is 25.1 Å². The van der Waals surface area contributed by atoms with Gasteiger partial charge in [-0.2, -0.15) is 4.98 Å². The molecule has 0 bridgehead atoms. The Morgan fingerprint density at radius 2 is 1.78 bits per heavy atom. The van der Waals surface area contributed by atoms with Crippen molar-refractivity contribution in [3.8, 4) is 11.6 Å². The topological polar surface area (TPSA) is 35.0 Å². The van der Waals surface area contributed by atoms with Gasteiger partial charge in [-0.1, -0.05) is 19.9 Å². The van der Waals surface area contributed by atoms with E-state index in [-0.39, 0.29) is 5.82 Å². The number of aryl methyl sites for hydroxylation is 2. The average Bonchev–Trinajstić information content (AvgIpc) is 2.30. The van der Waals surface area contributed by atoms with E-state index in [1.165, 1.54) is 12.1 Å². The van der Waals surface area contributed by atoms with Gasteiger partial charge in [0.1, 0.15) is 17.4 Å². The quantitative estimate of drug-likeness (QED) is 0.804. The van der Waals surface area contributed by atoms with Gasteiger partial charge in [0.05, 0.1) is 0 Å². The van der Waals surface area contributed by atoms with Crippen LogP contribution in [0.25, 0.3) is 0 Å². The van der Waals surface area contributed by atoms with Gasteiger partial charge in [-0.25, -0.2) is 9.37 Å². The van der Waals surface area contributed by atoms with Gasteiger partial charge in [-0.15, -0.1) is 0 Å². The smallest absolute Gasteiger partial charge is 0.222 e. The zero-order valence-corrected chi connectivity index (χ0v) is 11.1. The monoisotopic (exact) mass is 248 g/mol. The van der Waals surface area contributed by atoms with Crippen molar-refractivity contribution >= 4 is 0 Å². The average molecular weight is 248 g/mol. The lowest BCUT2D eigenvalue weighted by atomic mass is 10.3. The fraction of sp³-hybridized carbons (Fsp3) is 0.286. The summed E-state index contributed by atoms with van der Waals surface area (Å²) in [6.45, 7) is 7.64. The molecule has 1 aromatic carbocycles. The Bertz CT molecular complexity index is 495. The summed E-state index contributed by atoms with van der Waals surface area (Å²) in [5, 5.41) is 0. The highest BCUT2D eigenvalue weighted by molar-refractivity contribution is 5.28. The molecular weight excluding hydrogens is 231 g/mol. The van der Waals surface area contributed by atoms with Crippen LogP contribution in [0.3, 0.4) is 0 Å². The molecule has 2 rings (SSSR count). The largest absolute Gasteiger partial charge is 0.439 e. The molecule has 2 aromatic rings. The third kappa shape index (κ3) is 4.13. The molecule has 0 N–H and O–H groups in total. The molecular formula is C14H17FN2O. The van der Waals surface area contributed by atoms with Gasteiger partial charge >= 0.3 is 0 Å². The molecule has 0 fully saturated rings. The SMILES string of the molecule is CC.Cc1cc(Oc2cccc(F)c2)nc(C)n1. The molecule has 0 spiro atoms. The summed E-state index contributed by atoms with van der Waals surface area (Å²) in [5.41, 5.74) is 0.818. The van der Waals surface area contributed by atoms with Gasteiger partial charge < -0.3 is 4.74 Å². The first kappa shape index (κ1) is 14.1. The minimum atomic E-state index is -0.333. The maximum Gasteiger partial charge on any atom is 0.222 e.